The number of hydrogen-bond donors (Lipinski definition) is 2. The maximum atomic E-state index is 6.46. The lowest BCUT2D eigenvalue weighted by molar-refractivity contribution is 0.140. The number of para-hydroxylation sites is 1. The van der Waals surface area contributed by atoms with E-state index in [9.17, 15) is 0 Å². The van der Waals surface area contributed by atoms with Gasteiger partial charge in [-0.15, -0.1) is 0 Å². The first kappa shape index (κ1) is 17.1. The van der Waals surface area contributed by atoms with Gasteiger partial charge < -0.3 is 16.0 Å². The van der Waals surface area contributed by atoms with Gasteiger partial charge in [0.25, 0.3) is 0 Å². The van der Waals surface area contributed by atoms with Crippen LogP contribution in [0.1, 0.15) is 29.5 Å². The third-order valence-corrected chi connectivity index (χ3v) is 7.01. The van der Waals surface area contributed by atoms with Gasteiger partial charge in [0, 0.05) is 11.5 Å². The predicted molar refractivity (Wildman–Crippen MR) is 118 cm³/mol. The summed E-state index contributed by atoms with van der Waals surface area (Å²) in [4.78, 5) is 0. The highest BCUT2D eigenvalue weighted by Gasteiger charge is 2.56. The average molecular weight is 378 g/mol. The first-order chi connectivity index (χ1) is 14.2. The highest BCUT2D eigenvalue weighted by Crippen LogP contribution is 2.62. The van der Waals surface area contributed by atoms with Gasteiger partial charge >= 0.3 is 6.98 Å². The van der Waals surface area contributed by atoms with Crippen molar-refractivity contribution in [2.24, 2.45) is 17.2 Å². The minimum atomic E-state index is -0.419. The zero-order valence-corrected chi connectivity index (χ0v) is 16.2. The van der Waals surface area contributed by atoms with Crippen molar-refractivity contribution in [2.75, 3.05) is 0 Å². The molecule has 0 saturated heterocycles. The van der Waals surface area contributed by atoms with Crippen LogP contribution in [0.15, 0.2) is 90.0 Å². The number of rotatable bonds is 1. The molecule has 3 nitrogen and oxygen atoms in total. The van der Waals surface area contributed by atoms with E-state index in [2.05, 4.69) is 78.9 Å². The lowest BCUT2D eigenvalue weighted by Gasteiger charge is -2.48. The molecule has 3 unspecified atom stereocenters. The van der Waals surface area contributed by atoms with E-state index in [4.69, 9.17) is 16.0 Å². The Morgan fingerprint density at radius 1 is 0.897 bits per heavy atom. The molecule has 4 heteroatoms. The Hall–Kier alpha value is -2.82. The molecule has 0 fully saturated rings. The van der Waals surface area contributed by atoms with E-state index in [1.54, 1.807) is 0 Å². The second-order valence-electron chi connectivity index (χ2n) is 8.37. The molecular weight excluding hydrogens is 355 g/mol. The Morgan fingerprint density at radius 2 is 1.66 bits per heavy atom. The highest BCUT2D eigenvalue weighted by atomic mass is 16.5. The van der Waals surface area contributed by atoms with Gasteiger partial charge in [-0.25, -0.2) is 0 Å². The van der Waals surface area contributed by atoms with Crippen LogP contribution in [-0.2, 0) is 5.41 Å². The number of benzene rings is 2. The smallest absolute Gasteiger partial charge is 0.330 e. The van der Waals surface area contributed by atoms with Gasteiger partial charge in [0.15, 0.2) is 0 Å². The Labute approximate surface area is 171 Å². The molecule has 4 N–H and O–H groups in total. The number of fused-ring (bicyclic) bond motifs is 8. The fourth-order valence-electron chi connectivity index (χ4n) is 5.84. The van der Waals surface area contributed by atoms with Crippen molar-refractivity contribution in [3.63, 3.8) is 0 Å². The third kappa shape index (κ3) is 2.16. The van der Waals surface area contributed by atoms with Crippen LogP contribution in [0.3, 0.4) is 0 Å². The van der Waals surface area contributed by atoms with Gasteiger partial charge in [-0.1, -0.05) is 72.2 Å². The lowest BCUT2D eigenvalue weighted by atomic mass is 9.57. The van der Waals surface area contributed by atoms with Crippen molar-refractivity contribution in [2.45, 2.75) is 24.4 Å². The third-order valence-electron chi connectivity index (χ3n) is 7.01. The maximum Gasteiger partial charge on any atom is 0.330 e. The Bertz CT molecular complexity index is 1140. The van der Waals surface area contributed by atoms with Crippen molar-refractivity contribution in [1.82, 2.24) is 0 Å². The average Bonchev–Trinajstić information content (AvgIpc) is 3.05. The standard InChI is InChI=1S/C25H23BN2O/c27-26(28)16-13-14-18-17-7-1-2-8-19(17)25(22(18)15-16)20-9-3-5-11-23(20)29-24-12-6-4-10-21(24)25/h1-12,15,20,23H,13-14,27-28H2. The van der Waals surface area contributed by atoms with E-state index in [0.29, 0.717) is 0 Å². The zero-order chi connectivity index (χ0) is 19.6. The highest BCUT2D eigenvalue weighted by molar-refractivity contribution is 6.60. The first-order valence-corrected chi connectivity index (χ1v) is 10.4. The van der Waals surface area contributed by atoms with Gasteiger partial charge in [0.1, 0.15) is 11.9 Å². The molecule has 0 radical (unpaired) electrons. The summed E-state index contributed by atoms with van der Waals surface area (Å²) in [5.41, 5.74) is 19.9. The molecular formula is C25H23BN2O. The number of nitrogens with two attached hydrogens (primary N) is 2. The van der Waals surface area contributed by atoms with Gasteiger partial charge in [0.2, 0.25) is 0 Å². The summed E-state index contributed by atoms with van der Waals surface area (Å²) in [7, 11) is 0. The lowest BCUT2D eigenvalue weighted by Crippen LogP contribution is -2.48. The summed E-state index contributed by atoms with van der Waals surface area (Å²) in [6, 6.07) is 17.4. The van der Waals surface area contributed by atoms with Gasteiger partial charge in [-0.2, -0.15) is 0 Å². The molecule has 0 bridgehead atoms. The van der Waals surface area contributed by atoms with E-state index in [-0.39, 0.29) is 17.4 Å². The Kier molecular flexibility index (Phi) is 3.59. The van der Waals surface area contributed by atoms with Crippen LogP contribution >= 0.6 is 0 Å². The molecule has 1 heterocycles. The van der Waals surface area contributed by atoms with Crippen LogP contribution in [0.25, 0.3) is 5.57 Å². The molecule has 4 aliphatic rings. The van der Waals surface area contributed by atoms with Crippen LogP contribution in [-0.4, -0.2) is 13.1 Å². The van der Waals surface area contributed by atoms with E-state index in [0.717, 1.165) is 24.1 Å². The summed E-state index contributed by atoms with van der Waals surface area (Å²) >= 11 is 0. The molecule has 0 aromatic heterocycles. The minimum absolute atomic E-state index is 0.000123. The first-order valence-electron chi connectivity index (χ1n) is 10.4. The molecule has 29 heavy (non-hydrogen) atoms. The molecule has 6 rings (SSSR count). The monoisotopic (exact) mass is 378 g/mol. The van der Waals surface area contributed by atoms with Crippen LogP contribution < -0.4 is 16.0 Å². The largest absolute Gasteiger partial charge is 0.485 e. The number of allylic oxidation sites excluding steroid dienone is 6. The van der Waals surface area contributed by atoms with Crippen LogP contribution in [0, 0.1) is 5.92 Å². The van der Waals surface area contributed by atoms with Crippen LogP contribution in [0.4, 0.5) is 0 Å². The molecule has 2 aromatic rings. The normalized spacial score (nSPS) is 28.3. The van der Waals surface area contributed by atoms with Crippen molar-refractivity contribution >= 4 is 12.6 Å². The van der Waals surface area contributed by atoms with E-state index >= 15 is 0 Å². The Balaban J connectivity index is 1.73. The summed E-state index contributed by atoms with van der Waals surface area (Å²) < 4.78 is 6.46. The van der Waals surface area contributed by atoms with Gasteiger partial charge in [0.05, 0.1) is 5.41 Å². The fourth-order valence-corrected chi connectivity index (χ4v) is 5.84. The Morgan fingerprint density at radius 3 is 2.52 bits per heavy atom. The molecule has 3 aliphatic carbocycles. The quantitative estimate of drug-likeness (QED) is 0.740. The van der Waals surface area contributed by atoms with Crippen molar-refractivity contribution in [1.29, 1.82) is 0 Å². The second kappa shape index (κ2) is 6.09. The topological polar surface area (TPSA) is 61.3 Å². The molecule has 0 amide bonds. The molecule has 2 aromatic carbocycles. The summed E-state index contributed by atoms with van der Waals surface area (Å²) in [6.07, 6.45) is 13.0. The maximum absolute atomic E-state index is 6.46. The second-order valence-corrected chi connectivity index (χ2v) is 8.37. The minimum Gasteiger partial charge on any atom is -0.485 e. The van der Waals surface area contributed by atoms with Crippen molar-refractivity contribution < 1.29 is 4.74 Å². The fraction of sp³-hybridized carbons (Fsp3) is 0.200. The number of hydrogen-bond acceptors (Lipinski definition) is 3. The van der Waals surface area contributed by atoms with E-state index in [1.165, 1.54) is 27.8 Å². The van der Waals surface area contributed by atoms with Crippen molar-refractivity contribution in [3.8, 4) is 5.75 Å². The zero-order valence-electron chi connectivity index (χ0n) is 16.2. The summed E-state index contributed by atoms with van der Waals surface area (Å²) in [5.74, 6) is 1.15. The predicted octanol–water partition coefficient (Wildman–Crippen LogP) is 3.91. The van der Waals surface area contributed by atoms with Crippen molar-refractivity contribution in [3.05, 3.63) is 107 Å². The molecule has 1 spiro atoms. The summed E-state index contributed by atoms with van der Waals surface area (Å²) in [5, 5.41) is 0. The SMILES string of the molecule is NB(N)C1=CC2=C(CC1)c1ccccc1C21c2ccccc2OC2C=CC=CC21. The van der Waals surface area contributed by atoms with Gasteiger partial charge in [-0.3, -0.25) is 0 Å². The molecule has 142 valence electrons. The summed E-state index contributed by atoms with van der Waals surface area (Å²) in [6.45, 7) is -0.419. The number of ether oxygens (including phenoxy) is 1. The van der Waals surface area contributed by atoms with E-state index < -0.39 is 6.98 Å². The molecule has 1 aliphatic heterocycles. The van der Waals surface area contributed by atoms with E-state index in [1.807, 2.05) is 0 Å². The van der Waals surface area contributed by atoms with Crippen LogP contribution in [0.5, 0.6) is 5.75 Å². The van der Waals surface area contributed by atoms with Crippen LogP contribution in [0.2, 0.25) is 0 Å². The van der Waals surface area contributed by atoms with Gasteiger partial charge in [-0.05, 0) is 47.3 Å². The molecule has 3 atom stereocenters. The molecule has 0 saturated carbocycles.